The number of aryl methyl sites for hydroxylation is 2. The minimum Gasteiger partial charge on any atom is -0.490 e. The average Bonchev–Trinajstić information content (AvgIpc) is 3.26. The molecular weight excluding hydrogens is 260 g/mol. The van der Waals surface area contributed by atoms with Gasteiger partial charge in [-0.05, 0) is 63.1 Å². The molecule has 110 valence electrons. The molecule has 1 unspecified atom stereocenters. The Balaban J connectivity index is 1.91. The van der Waals surface area contributed by atoms with Crippen LogP contribution in [0.2, 0.25) is 0 Å². The van der Waals surface area contributed by atoms with Crippen molar-refractivity contribution in [1.29, 1.82) is 0 Å². The van der Waals surface area contributed by atoms with Crippen molar-refractivity contribution in [3.63, 3.8) is 0 Å². The van der Waals surface area contributed by atoms with Gasteiger partial charge in [-0.2, -0.15) is 0 Å². The average molecular weight is 282 g/mol. The van der Waals surface area contributed by atoms with E-state index in [4.69, 9.17) is 4.74 Å². The normalized spacial score (nSPS) is 15.8. The molecule has 0 radical (unpaired) electrons. The molecule has 0 amide bonds. The summed E-state index contributed by atoms with van der Waals surface area (Å²) in [7, 11) is 1.98. The van der Waals surface area contributed by atoms with Crippen molar-refractivity contribution < 1.29 is 4.74 Å². The fourth-order valence-electron chi connectivity index (χ4n) is 2.65. The molecule has 1 aromatic heterocycles. The van der Waals surface area contributed by atoms with Crippen LogP contribution in [0, 0.1) is 13.8 Å². The lowest BCUT2D eigenvalue weighted by Gasteiger charge is -2.20. The maximum atomic E-state index is 5.90. The van der Waals surface area contributed by atoms with Crippen LogP contribution in [0.15, 0.2) is 36.4 Å². The third-order valence-corrected chi connectivity index (χ3v) is 3.88. The zero-order valence-corrected chi connectivity index (χ0v) is 12.9. The van der Waals surface area contributed by atoms with Gasteiger partial charge in [-0.25, -0.2) is 0 Å². The molecule has 3 rings (SSSR count). The van der Waals surface area contributed by atoms with Crippen LogP contribution in [0.3, 0.4) is 0 Å². The van der Waals surface area contributed by atoms with Crippen molar-refractivity contribution in [2.75, 3.05) is 7.05 Å². The maximum Gasteiger partial charge on any atom is 0.120 e. The van der Waals surface area contributed by atoms with Crippen molar-refractivity contribution in [2.45, 2.75) is 38.8 Å². The first kappa shape index (κ1) is 14.1. The molecule has 0 saturated heterocycles. The number of nitrogens with zero attached hydrogens (tertiary/aromatic N) is 1. The predicted molar refractivity (Wildman–Crippen MR) is 84.7 cm³/mol. The van der Waals surface area contributed by atoms with Crippen LogP contribution in [-0.4, -0.2) is 18.1 Å². The SMILES string of the molecule is CNC(c1cccc(OC2CC2)c1)c1ccc(C)nc1C. The summed E-state index contributed by atoms with van der Waals surface area (Å²) in [6, 6.07) is 12.7. The van der Waals surface area contributed by atoms with Gasteiger partial charge in [0, 0.05) is 11.4 Å². The highest BCUT2D eigenvalue weighted by Gasteiger charge is 2.24. The highest BCUT2D eigenvalue weighted by atomic mass is 16.5. The highest BCUT2D eigenvalue weighted by molar-refractivity contribution is 5.38. The summed E-state index contributed by atoms with van der Waals surface area (Å²) in [5, 5.41) is 3.40. The quantitative estimate of drug-likeness (QED) is 0.910. The second-order valence-electron chi connectivity index (χ2n) is 5.74. The molecule has 3 heteroatoms. The van der Waals surface area contributed by atoms with E-state index in [2.05, 4.69) is 47.6 Å². The van der Waals surface area contributed by atoms with E-state index in [0.29, 0.717) is 6.10 Å². The van der Waals surface area contributed by atoms with Gasteiger partial charge in [-0.1, -0.05) is 18.2 Å². The topological polar surface area (TPSA) is 34.1 Å². The molecule has 3 nitrogen and oxygen atoms in total. The van der Waals surface area contributed by atoms with Gasteiger partial charge in [-0.15, -0.1) is 0 Å². The summed E-state index contributed by atoms with van der Waals surface area (Å²) in [6.45, 7) is 4.09. The van der Waals surface area contributed by atoms with Crippen molar-refractivity contribution >= 4 is 0 Å². The molecule has 1 aliphatic carbocycles. The number of pyridine rings is 1. The molecule has 1 heterocycles. The van der Waals surface area contributed by atoms with E-state index in [9.17, 15) is 0 Å². The second kappa shape index (κ2) is 5.86. The fourth-order valence-corrected chi connectivity index (χ4v) is 2.65. The molecule has 21 heavy (non-hydrogen) atoms. The van der Waals surface area contributed by atoms with Gasteiger partial charge in [0.1, 0.15) is 5.75 Å². The van der Waals surface area contributed by atoms with Crippen LogP contribution < -0.4 is 10.1 Å². The molecule has 1 saturated carbocycles. The van der Waals surface area contributed by atoms with E-state index in [-0.39, 0.29) is 6.04 Å². The smallest absolute Gasteiger partial charge is 0.120 e. The van der Waals surface area contributed by atoms with Crippen LogP contribution in [0.4, 0.5) is 0 Å². The second-order valence-corrected chi connectivity index (χ2v) is 5.74. The molecule has 1 aromatic carbocycles. The van der Waals surface area contributed by atoms with E-state index in [1.165, 1.54) is 24.0 Å². The number of nitrogens with one attached hydrogen (secondary N) is 1. The number of rotatable bonds is 5. The summed E-state index contributed by atoms with van der Waals surface area (Å²) < 4.78 is 5.90. The van der Waals surface area contributed by atoms with Gasteiger partial charge < -0.3 is 10.1 Å². The van der Waals surface area contributed by atoms with Gasteiger partial charge >= 0.3 is 0 Å². The largest absolute Gasteiger partial charge is 0.490 e. The van der Waals surface area contributed by atoms with Crippen molar-refractivity contribution in [2.24, 2.45) is 0 Å². The van der Waals surface area contributed by atoms with Crippen LogP contribution in [0.25, 0.3) is 0 Å². The third-order valence-electron chi connectivity index (χ3n) is 3.88. The Kier molecular flexibility index (Phi) is 3.93. The molecule has 1 aliphatic rings. The van der Waals surface area contributed by atoms with Crippen LogP contribution in [0.5, 0.6) is 5.75 Å². The minimum atomic E-state index is 0.140. The summed E-state index contributed by atoms with van der Waals surface area (Å²) in [4.78, 5) is 4.58. The Morgan fingerprint density at radius 3 is 2.67 bits per heavy atom. The molecule has 0 bridgehead atoms. The number of aromatic nitrogens is 1. The minimum absolute atomic E-state index is 0.140. The monoisotopic (exact) mass is 282 g/mol. The molecule has 0 spiro atoms. The van der Waals surface area contributed by atoms with E-state index in [1.807, 2.05) is 20.0 Å². The number of ether oxygens (including phenoxy) is 1. The first-order chi connectivity index (χ1) is 10.2. The lowest BCUT2D eigenvalue weighted by molar-refractivity contribution is 0.302. The lowest BCUT2D eigenvalue weighted by atomic mass is 9.97. The van der Waals surface area contributed by atoms with Gasteiger partial charge in [0.15, 0.2) is 0 Å². The van der Waals surface area contributed by atoms with Gasteiger partial charge in [0.05, 0.1) is 12.1 Å². The van der Waals surface area contributed by atoms with Gasteiger partial charge in [0.25, 0.3) is 0 Å². The Hall–Kier alpha value is -1.87. The highest BCUT2D eigenvalue weighted by Crippen LogP contribution is 2.30. The number of benzene rings is 1. The standard InChI is InChI=1S/C18H22N2O/c1-12-7-10-17(13(2)20-12)18(19-3)14-5-4-6-16(11-14)21-15-8-9-15/h4-7,10-11,15,18-19H,8-9H2,1-3H3. The van der Waals surface area contributed by atoms with Crippen molar-refractivity contribution in [1.82, 2.24) is 10.3 Å². The molecule has 1 fully saturated rings. The zero-order valence-electron chi connectivity index (χ0n) is 12.9. The van der Waals surface area contributed by atoms with E-state index in [0.717, 1.165) is 17.1 Å². The van der Waals surface area contributed by atoms with Gasteiger partial charge in [0.2, 0.25) is 0 Å². The zero-order chi connectivity index (χ0) is 14.8. The van der Waals surface area contributed by atoms with Gasteiger partial charge in [-0.3, -0.25) is 4.98 Å². The number of hydrogen-bond donors (Lipinski definition) is 1. The van der Waals surface area contributed by atoms with Crippen LogP contribution in [-0.2, 0) is 0 Å². The first-order valence-corrected chi connectivity index (χ1v) is 7.55. The Morgan fingerprint density at radius 2 is 2.00 bits per heavy atom. The summed E-state index contributed by atoms with van der Waals surface area (Å²) in [5.41, 5.74) is 4.55. The summed E-state index contributed by atoms with van der Waals surface area (Å²) >= 11 is 0. The Bertz CT molecular complexity index is 635. The van der Waals surface area contributed by atoms with E-state index in [1.54, 1.807) is 0 Å². The van der Waals surface area contributed by atoms with Crippen LogP contribution in [0.1, 0.15) is 41.4 Å². The molecule has 2 aromatic rings. The van der Waals surface area contributed by atoms with Crippen molar-refractivity contribution in [3.8, 4) is 5.75 Å². The lowest BCUT2D eigenvalue weighted by Crippen LogP contribution is -2.19. The van der Waals surface area contributed by atoms with E-state index < -0.39 is 0 Å². The molecule has 0 aliphatic heterocycles. The Labute approximate surface area is 126 Å². The third kappa shape index (κ3) is 3.24. The maximum absolute atomic E-state index is 5.90. The summed E-state index contributed by atoms with van der Waals surface area (Å²) in [5.74, 6) is 0.966. The molecule has 1 N–H and O–H groups in total. The van der Waals surface area contributed by atoms with Crippen LogP contribution >= 0.6 is 0 Å². The fraction of sp³-hybridized carbons (Fsp3) is 0.389. The van der Waals surface area contributed by atoms with Crippen molar-refractivity contribution in [3.05, 3.63) is 58.9 Å². The number of hydrogen-bond acceptors (Lipinski definition) is 3. The molecule has 1 atom stereocenters. The molecular formula is C18H22N2O. The first-order valence-electron chi connectivity index (χ1n) is 7.55. The summed E-state index contributed by atoms with van der Waals surface area (Å²) in [6.07, 6.45) is 2.79. The van der Waals surface area contributed by atoms with E-state index >= 15 is 0 Å². The Morgan fingerprint density at radius 1 is 1.19 bits per heavy atom. The predicted octanol–water partition coefficient (Wildman–Crippen LogP) is 3.55.